The number of hydrogen-bond acceptors (Lipinski definition) is 2. The highest BCUT2D eigenvalue weighted by molar-refractivity contribution is 5.76. The molecule has 1 heterocycles. The van der Waals surface area contributed by atoms with Gasteiger partial charge in [-0.25, -0.2) is 0 Å². The highest BCUT2D eigenvalue weighted by Crippen LogP contribution is 2.38. The van der Waals surface area contributed by atoms with Crippen LogP contribution >= 0.6 is 0 Å². The van der Waals surface area contributed by atoms with E-state index in [1.807, 2.05) is 29.9 Å². The van der Waals surface area contributed by atoms with E-state index in [4.69, 9.17) is 0 Å². The Bertz CT molecular complexity index is 662. The fourth-order valence-electron chi connectivity index (χ4n) is 3.27. The summed E-state index contributed by atoms with van der Waals surface area (Å²) in [6.45, 7) is 2.84. The second-order valence-electron chi connectivity index (χ2n) is 5.91. The number of benzene rings is 1. The van der Waals surface area contributed by atoms with Gasteiger partial charge in [0.25, 0.3) is 0 Å². The third kappa shape index (κ3) is 2.58. The molecule has 3 rings (SSSR count). The molecule has 21 heavy (non-hydrogen) atoms. The average Bonchev–Trinajstić information content (AvgIpc) is 2.94. The number of nitrogens with zero attached hydrogens (tertiary/aromatic N) is 2. The molecule has 0 aliphatic heterocycles. The molecule has 0 spiro atoms. The number of aromatic nitrogens is 2. The van der Waals surface area contributed by atoms with Gasteiger partial charge in [-0.05, 0) is 49.3 Å². The third-order valence-corrected chi connectivity index (χ3v) is 4.53. The minimum absolute atomic E-state index is 0.552. The van der Waals surface area contributed by atoms with Crippen LogP contribution in [-0.2, 0) is 30.6 Å². The second kappa shape index (κ2) is 5.35. The summed E-state index contributed by atoms with van der Waals surface area (Å²) in [4.78, 5) is 11.9. The molecule has 1 aromatic carbocycles. The molecule has 0 radical (unpaired) electrons. The molecule has 0 saturated heterocycles. The zero-order valence-electron chi connectivity index (χ0n) is 12.2. The van der Waals surface area contributed by atoms with Crippen molar-refractivity contribution in [3.8, 4) is 0 Å². The first-order valence-electron chi connectivity index (χ1n) is 7.44. The Morgan fingerprint density at radius 2 is 2.14 bits per heavy atom. The standard InChI is InChI=1S/C17H20N2O2/c1-2-19-12-13(11-18-19)9-17(16(20)21)8-7-14-5-3-4-6-15(14)10-17/h3-6,11-12H,2,7-10H2,1H3,(H,20,21). The molecule has 0 fully saturated rings. The maximum atomic E-state index is 11.9. The Kier molecular flexibility index (Phi) is 3.53. The van der Waals surface area contributed by atoms with Crippen molar-refractivity contribution in [1.29, 1.82) is 0 Å². The van der Waals surface area contributed by atoms with Gasteiger partial charge >= 0.3 is 5.97 Å². The summed E-state index contributed by atoms with van der Waals surface area (Å²) in [6, 6.07) is 8.18. The van der Waals surface area contributed by atoms with Crippen LogP contribution in [0.15, 0.2) is 36.7 Å². The lowest BCUT2D eigenvalue weighted by atomic mass is 9.68. The lowest BCUT2D eigenvalue weighted by Crippen LogP contribution is -2.39. The van der Waals surface area contributed by atoms with Crippen LogP contribution in [0.2, 0.25) is 0 Å². The summed E-state index contributed by atoms with van der Waals surface area (Å²) in [5, 5.41) is 14.1. The van der Waals surface area contributed by atoms with Gasteiger partial charge in [0, 0.05) is 12.7 Å². The largest absolute Gasteiger partial charge is 0.481 e. The van der Waals surface area contributed by atoms with Crippen LogP contribution in [0, 0.1) is 5.41 Å². The van der Waals surface area contributed by atoms with Crippen LogP contribution in [0.4, 0.5) is 0 Å². The molecule has 1 N–H and O–H groups in total. The van der Waals surface area contributed by atoms with Gasteiger partial charge in [-0.2, -0.15) is 5.10 Å². The van der Waals surface area contributed by atoms with E-state index in [-0.39, 0.29) is 0 Å². The summed E-state index contributed by atoms with van der Waals surface area (Å²) in [6.07, 6.45) is 6.45. The van der Waals surface area contributed by atoms with Crippen molar-refractivity contribution in [1.82, 2.24) is 9.78 Å². The first-order valence-corrected chi connectivity index (χ1v) is 7.44. The SMILES string of the molecule is CCn1cc(CC2(C(=O)O)CCc3ccccc3C2)cn1. The van der Waals surface area contributed by atoms with Crippen LogP contribution in [-0.4, -0.2) is 20.9 Å². The highest BCUT2D eigenvalue weighted by Gasteiger charge is 2.41. The third-order valence-electron chi connectivity index (χ3n) is 4.53. The van der Waals surface area contributed by atoms with E-state index in [2.05, 4.69) is 17.2 Å². The topological polar surface area (TPSA) is 55.1 Å². The van der Waals surface area contributed by atoms with Gasteiger partial charge in [0.15, 0.2) is 0 Å². The second-order valence-corrected chi connectivity index (χ2v) is 5.91. The number of fused-ring (bicyclic) bond motifs is 1. The first kappa shape index (κ1) is 13.9. The summed E-state index contributed by atoms with van der Waals surface area (Å²) < 4.78 is 1.85. The van der Waals surface area contributed by atoms with Crippen LogP contribution in [0.25, 0.3) is 0 Å². The van der Waals surface area contributed by atoms with Crippen LogP contribution in [0.5, 0.6) is 0 Å². The van der Waals surface area contributed by atoms with E-state index < -0.39 is 11.4 Å². The predicted octanol–water partition coefficient (Wildman–Crippen LogP) is 2.71. The lowest BCUT2D eigenvalue weighted by Gasteiger charge is -2.34. The number of carboxylic acid groups (broad SMARTS) is 1. The van der Waals surface area contributed by atoms with Gasteiger partial charge in [0.1, 0.15) is 0 Å². The average molecular weight is 284 g/mol. The van der Waals surface area contributed by atoms with E-state index in [1.54, 1.807) is 6.20 Å². The fourth-order valence-corrected chi connectivity index (χ4v) is 3.27. The number of carboxylic acids is 1. The molecule has 0 saturated carbocycles. The van der Waals surface area contributed by atoms with E-state index >= 15 is 0 Å². The Morgan fingerprint density at radius 1 is 1.38 bits per heavy atom. The minimum atomic E-state index is -0.698. The summed E-state index contributed by atoms with van der Waals surface area (Å²) in [5.74, 6) is -0.693. The Labute approximate surface area is 124 Å². The van der Waals surface area contributed by atoms with E-state index in [0.717, 1.165) is 18.5 Å². The van der Waals surface area contributed by atoms with Gasteiger partial charge < -0.3 is 5.11 Å². The molecule has 1 atom stereocenters. The number of hydrogen-bond donors (Lipinski definition) is 1. The Hall–Kier alpha value is -2.10. The van der Waals surface area contributed by atoms with Gasteiger partial charge in [0.05, 0.1) is 11.6 Å². The number of aliphatic carboxylic acids is 1. The maximum absolute atomic E-state index is 11.9. The van der Waals surface area contributed by atoms with Crippen molar-refractivity contribution in [2.45, 2.75) is 39.2 Å². The minimum Gasteiger partial charge on any atom is -0.481 e. The predicted molar refractivity (Wildman–Crippen MR) is 80.1 cm³/mol. The monoisotopic (exact) mass is 284 g/mol. The van der Waals surface area contributed by atoms with Crippen molar-refractivity contribution >= 4 is 5.97 Å². The van der Waals surface area contributed by atoms with E-state index in [1.165, 1.54) is 11.1 Å². The zero-order chi connectivity index (χ0) is 14.9. The van der Waals surface area contributed by atoms with E-state index in [9.17, 15) is 9.90 Å². The molecule has 4 heteroatoms. The molecule has 0 amide bonds. The molecule has 1 aliphatic carbocycles. The number of carbonyl (C=O) groups is 1. The summed E-state index contributed by atoms with van der Waals surface area (Å²) in [7, 11) is 0. The maximum Gasteiger partial charge on any atom is 0.310 e. The van der Waals surface area contributed by atoms with Crippen molar-refractivity contribution in [3.05, 3.63) is 53.3 Å². The van der Waals surface area contributed by atoms with Gasteiger partial charge in [-0.15, -0.1) is 0 Å². The normalized spacial score (nSPS) is 21.0. The lowest BCUT2D eigenvalue weighted by molar-refractivity contribution is -0.149. The van der Waals surface area contributed by atoms with Crippen LogP contribution in [0.1, 0.15) is 30.0 Å². The Morgan fingerprint density at radius 3 is 2.81 bits per heavy atom. The molecule has 1 unspecified atom stereocenters. The molecule has 1 aromatic heterocycles. The summed E-state index contributed by atoms with van der Waals surface area (Å²) >= 11 is 0. The molecular weight excluding hydrogens is 264 g/mol. The van der Waals surface area contributed by atoms with Crippen molar-refractivity contribution in [2.75, 3.05) is 0 Å². The molecule has 0 bridgehead atoms. The van der Waals surface area contributed by atoms with Gasteiger partial charge in [-0.3, -0.25) is 9.48 Å². The zero-order valence-corrected chi connectivity index (χ0v) is 12.2. The summed E-state index contributed by atoms with van der Waals surface area (Å²) in [5.41, 5.74) is 2.78. The quantitative estimate of drug-likeness (QED) is 0.939. The molecule has 2 aromatic rings. The smallest absolute Gasteiger partial charge is 0.310 e. The molecule has 4 nitrogen and oxygen atoms in total. The van der Waals surface area contributed by atoms with Crippen molar-refractivity contribution < 1.29 is 9.90 Å². The fraction of sp³-hybridized carbons (Fsp3) is 0.412. The van der Waals surface area contributed by atoms with Crippen LogP contribution in [0.3, 0.4) is 0 Å². The van der Waals surface area contributed by atoms with E-state index in [0.29, 0.717) is 19.3 Å². The number of rotatable bonds is 4. The van der Waals surface area contributed by atoms with Crippen LogP contribution < -0.4 is 0 Å². The molecule has 110 valence electrons. The Balaban J connectivity index is 1.89. The highest BCUT2D eigenvalue weighted by atomic mass is 16.4. The molecular formula is C17H20N2O2. The number of aryl methyl sites for hydroxylation is 2. The first-order chi connectivity index (χ1) is 10.1. The van der Waals surface area contributed by atoms with Crippen molar-refractivity contribution in [2.24, 2.45) is 5.41 Å². The van der Waals surface area contributed by atoms with Crippen molar-refractivity contribution in [3.63, 3.8) is 0 Å². The van der Waals surface area contributed by atoms with Gasteiger partial charge in [-0.1, -0.05) is 24.3 Å². The molecule has 1 aliphatic rings. The van der Waals surface area contributed by atoms with Gasteiger partial charge in [0.2, 0.25) is 0 Å².